The van der Waals surface area contributed by atoms with Crippen molar-refractivity contribution in [3.63, 3.8) is 0 Å². The van der Waals surface area contributed by atoms with Crippen molar-refractivity contribution in [3.8, 4) is 11.5 Å². The molecule has 0 spiro atoms. The van der Waals surface area contributed by atoms with Crippen LogP contribution in [-0.4, -0.2) is 56.9 Å². The van der Waals surface area contributed by atoms with Gasteiger partial charge in [0.15, 0.2) is 18.1 Å². The number of carbonyl (C=O) groups excluding carboxylic acids is 1. The fraction of sp³-hybridized carbons (Fsp3) is 0.682. The number of nitrogens with zero attached hydrogens (tertiary/aromatic N) is 1. The molecule has 1 fully saturated rings. The van der Waals surface area contributed by atoms with E-state index in [0.29, 0.717) is 25.4 Å². The number of carbonyl (C=O) groups is 1. The van der Waals surface area contributed by atoms with Crippen LogP contribution in [0.2, 0.25) is 0 Å². The quantitative estimate of drug-likeness (QED) is 0.531. The molecule has 0 radical (unpaired) electrons. The number of rotatable bonds is 11. The summed E-state index contributed by atoms with van der Waals surface area (Å²) in [6.45, 7) is 0.242. The van der Waals surface area contributed by atoms with Gasteiger partial charge in [0.1, 0.15) is 0 Å². The molecular formula is C22H33F3N2O3. The van der Waals surface area contributed by atoms with E-state index in [9.17, 15) is 18.0 Å². The molecule has 1 aromatic carbocycles. The first-order valence-electron chi connectivity index (χ1n) is 10.6. The molecule has 1 aliphatic carbocycles. The zero-order chi connectivity index (χ0) is 22.0. The third-order valence-electron chi connectivity index (χ3n) is 5.47. The van der Waals surface area contributed by atoms with E-state index < -0.39 is 12.8 Å². The first-order chi connectivity index (χ1) is 14.3. The highest BCUT2D eigenvalue weighted by Crippen LogP contribution is 2.30. The molecule has 170 valence electrons. The molecule has 1 N–H and O–H groups in total. The van der Waals surface area contributed by atoms with Gasteiger partial charge in [-0.25, -0.2) is 0 Å². The summed E-state index contributed by atoms with van der Waals surface area (Å²) in [6, 6.07) is 5.38. The van der Waals surface area contributed by atoms with Gasteiger partial charge in [-0.15, -0.1) is 0 Å². The van der Waals surface area contributed by atoms with E-state index in [2.05, 4.69) is 17.3 Å². The van der Waals surface area contributed by atoms with Gasteiger partial charge in [0.25, 0.3) is 0 Å². The Morgan fingerprint density at radius 2 is 1.93 bits per heavy atom. The molecular weight excluding hydrogens is 397 g/mol. The topological polar surface area (TPSA) is 50.8 Å². The summed E-state index contributed by atoms with van der Waals surface area (Å²) in [5, 5.41) is 2.94. The predicted molar refractivity (Wildman–Crippen MR) is 110 cm³/mol. The zero-order valence-electron chi connectivity index (χ0n) is 17.9. The normalized spacial score (nSPS) is 15.3. The molecule has 0 unspecified atom stereocenters. The Kier molecular flexibility index (Phi) is 9.75. The Hall–Kier alpha value is -1.96. The fourth-order valence-corrected chi connectivity index (χ4v) is 3.75. The van der Waals surface area contributed by atoms with Crippen molar-refractivity contribution in [2.24, 2.45) is 0 Å². The van der Waals surface area contributed by atoms with Crippen LogP contribution in [-0.2, 0) is 11.2 Å². The lowest BCUT2D eigenvalue weighted by Crippen LogP contribution is -2.35. The summed E-state index contributed by atoms with van der Waals surface area (Å²) >= 11 is 0. The minimum atomic E-state index is -4.41. The van der Waals surface area contributed by atoms with Crippen molar-refractivity contribution in [1.82, 2.24) is 10.2 Å². The fourth-order valence-electron chi connectivity index (χ4n) is 3.75. The summed E-state index contributed by atoms with van der Waals surface area (Å²) in [4.78, 5) is 14.5. The number of aryl methyl sites for hydroxylation is 1. The van der Waals surface area contributed by atoms with E-state index >= 15 is 0 Å². The van der Waals surface area contributed by atoms with Crippen molar-refractivity contribution in [1.29, 1.82) is 0 Å². The highest BCUT2D eigenvalue weighted by molar-refractivity contribution is 5.76. The van der Waals surface area contributed by atoms with E-state index in [1.165, 1.54) is 45.3 Å². The number of benzene rings is 1. The van der Waals surface area contributed by atoms with Crippen molar-refractivity contribution in [3.05, 3.63) is 23.8 Å². The molecule has 0 bridgehead atoms. The highest BCUT2D eigenvalue weighted by Gasteiger charge is 2.29. The standard InChI is InChI=1S/C22H33F3N2O3/c1-27(18-7-4-3-5-8-18)14-6-13-26-21(28)12-10-17-9-11-19(20(15-17)29-2)30-16-22(23,24)25/h9,11,15,18H,3-8,10,12-14,16H2,1-2H3,(H,26,28). The van der Waals surface area contributed by atoms with Crippen molar-refractivity contribution in [2.75, 3.05) is 33.9 Å². The van der Waals surface area contributed by atoms with Gasteiger partial charge in [-0.2, -0.15) is 13.2 Å². The molecule has 0 saturated heterocycles. The van der Waals surface area contributed by atoms with Crippen LogP contribution >= 0.6 is 0 Å². The van der Waals surface area contributed by atoms with Gasteiger partial charge in [-0.05, 0) is 57.0 Å². The summed E-state index contributed by atoms with van der Waals surface area (Å²) in [5.74, 6) is 0.222. The van der Waals surface area contributed by atoms with Gasteiger partial charge in [0.2, 0.25) is 5.91 Å². The van der Waals surface area contributed by atoms with Gasteiger partial charge in [0.05, 0.1) is 7.11 Å². The van der Waals surface area contributed by atoms with Crippen LogP contribution in [0, 0.1) is 0 Å². The average Bonchev–Trinajstić information content (AvgIpc) is 2.73. The van der Waals surface area contributed by atoms with Crippen LogP contribution in [0.3, 0.4) is 0 Å². The van der Waals surface area contributed by atoms with Crippen LogP contribution in [0.4, 0.5) is 13.2 Å². The minimum absolute atomic E-state index is 0.0325. The monoisotopic (exact) mass is 430 g/mol. The first-order valence-corrected chi connectivity index (χ1v) is 10.6. The Balaban J connectivity index is 1.68. The SMILES string of the molecule is COc1cc(CCC(=O)NCCCN(C)C2CCCCC2)ccc1OCC(F)(F)F. The van der Waals surface area contributed by atoms with Gasteiger partial charge >= 0.3 is 6.18 Å². The van der Waals surface area contributed by atoms with Gasteiger partial charge in [-0.3, -0.25) is 4.79 Å². The third kappa shape index (κ3) is 8.81. The van der Waals surface area contributed by atoms with Crippen LogP contribution in [0.5, 0.6) is 11.5 Å². The van der Waals surface area contributed by atoms with E-state index in [4.69, 9.17) is 9.47 Å². The zero-order valence-corrected chi connectivity index (χ0v) is 17.9. The number of hydrogen-bond acceptors (Lipinski definition) is 4. The molecule has 0 aromatic heterocycles. The molecule has 1 aromatic rings. The largest absolute Gasteiger partial charge is 0.493 e. The molecule has 5 nitrogen and oxygen atoms in total. The van der Waals surface area contributed by atoms with Gasteiger partial charge in [-0.1, -0.05) is 25.3 Å². The van der Waals surface area contributed by atoms with Crippen LogP contribution in [0.15, 0.2) is 18.2 Å². The molecule has 1 amide bonds. The third-order valence-corrected chi connectivity index (χ3v) is 5.47. The lowest BCUT2D eigenvalue weighted by atomic mass is 9.94. The lowest BCUT2D eigenvalue weighted by molar-refractivity contribution is -0.153. The maximum Gasteiger partial charge on any atom is 0.422 e. The lowest BCUT2D eigenvalue weighted by Gasteiger charge is -2.31. The van der Waals surface area contributed by atoms with Crippen LogP contribution in [0.1, 0.15) is 50.5 Å². The summed E-state index contributed by atoms with van der Waals surface area (Å²) in [5.41, 5.74) is 0.804. The Morgan fingerprint density at radius 1 is 1.20 bits per heavy atom. The summed E-state index contributed by atoms with van der Waals surface area (Å²) in [7, 11) is 3.53. The van der Waals surface area contributed by atoms with Crippen LogP contribution < -0.4 is 14.8 Å². The van der Waals surface area contributed by atoms with E-state index in [1.54, 1.807) is 12.1 Å². The molecule has 0 heterocycles. The Bertz CT molecular complexity index is 662. The molecule has 8 heteroatoms. The van der Waals surface area contributed by atoms with E-state index in [0.717, 1.165) is 18.5 Å². The van der Waals surface area contributed by atoms with E-state index in [-0.39, 0.29) is 17.4 Å². The smallest absolute Gasteiger partial charge is 0.422 e. The number of nitrogens with one attached hydrogen (secondary N) is 1. The number of ether oxygens (including phenoxy) is 2. The number of halogens is 3. The minimum Gasteiger partial charge on any atom is -0.493 e. The number of amides is 1. The molecule has 1 aliphatic rings. The van der Waals surface area contributed by atoms with Crippen LogP contribution in [0.25, 0.3) is 0 Å². The maximum absolute atomic E-state index is 12.3. The van der Waals surface area contributed by atoms with Gasteiger partial charge in [0, 0.05) is 19.0 Å². The highest BCUT2D eigenvalue weighted by atomic mass is 19.4. The molecule has 0 aliphatic heterocycles. The molecule has 30 heavy (non-hydrogen) atoms. The van der Waals surface area contributed by atoms with Crippen molar-refractivity contribution < 1.29 is 27.4 Å². The van der Waals surface area contributed by atoms with Crippen molar-refractivity contribution >= 4 is 5.91 Å². The second-order valence-electron chi connectivity index (χ2n) is 7.87. The Labute approximate surface area is 176 Å². The molecule has 1 saturated carbocycles. The number of alkyl halides is 3. The van der Waals surface area contributed by atoms with E-state index in [1.807, 2.05) is 0 Å². The number of methoxy groups -OCH3 is 1. The predicted octanol–water partition coefficient (Wildman–Crippen LogP) is 4.34. The second-order valence-corrected chi connectivity index (χ2v) is 7.87. The second kappa shape index (κ2) is 12.0. The summed E-state index contributed by atoms with van der Waals surface area (Å²) in [6.07, 6.45) is 3.80. The molecule has 0 atom stereocenters. The van der Waals surface area contributed by atoms with Gasteiger partial charge < -0.3 is 19.7 Å². The summed E-state index contributed by atoms with van der Waals surface area (Å²) < 4.78 is 46.8. The Morgan fingerprint density at radius 3 is 2.60 bits per heavy atom. The average molecular weight is 431 g/mol. The number of hydrogen-bond donors (Lipinski definition) is 1. The maximum atomic E-state index is 12.3. The molecule has 2 rings (SSSR count). The van der Waals surface area contributed by atoms with Crippen molar-refractivity contribution in [2.45, 2.75) is 63.6 Å². The first kappa shape index (κ1) is 24.3.